The molecule has 0 spiro atoms. The summed E-state index contributed by atoms with van der Waals surface area (Å²) in [6.07, 6.45) is -0.171. The van der Waals surface area contributed by atoms with Gasteiger partial charge in [-0.15, -0.1) is 0 Å². The van der Waals surface area contributed by atoms with Crippen molar-refractivity contribution in [3.8, 4) is 0 Å². The van der Waals surface area contributed by atoms with E-state index in [1.54, 1.807) is 12.1 Å². The van der Waals surface area contributed by atoms with Crippen molar-refractivity contribution in [2.24, 2.45) is 0 Å². The first-order chi connectivity index (χ1) is 10.4. The number of nitrogens with one attached hydrogen (secondary N) is 1. The highest BCUT2D eigenvalue weighted by Crippen LogP contribution is 2.17. The van der Waals surface area contributed by atoms with Gasteiger partial charge in [-0.3, -0.25) is 4.79 Å². The zero-order chi connectivity index (χ0) is 16.2. The van der Waals surface area contributed by atoms with Crippen molar-refractivity contribution in [2.45, 2.75) is 11.3 Å². The van der Waals surface area contributed by atoms with Gasteiger partial charge < -0.3 is 5.32 Å². The minimum atomic E-state index is -3.51. The Kier molecular flexibility index (Phi) is 5.31. The molecule has 0 aliphatic rings. The van der Waals surface area contributed by atoms with Crippen LogP contribution in [0, 0.1) is 5.82 Å². The Morgan fingerprint density at radius 1 is 1.05 bits per heavy atom. The summed E-state index contributed by atoms with van der Waals surface area (Å²) in [6.45, 7) is 0. The fourth-order valence-corrected chi connectivity index (χ4v) is 3.25. The number of carbonyl (C=O) groups is 1. The minimum Gasteiger partial charge on any atom is -0.326 e. The number of anilines is 1. The van der Waals surface area contributed by atoms with Crippen LogP contribution in [0.2, 0.25) is 0 Å². The number of carbonyl (C=O) groups excluding carboxylic acids is 1. The van der Waals surface area contributed by atoms with Crippen LogP contribution >= 0.6 is 15.9 Å². The maximum Gasteiger partial charge on any atom is 0.225 e. The van der Waals surface area contributed by atoms with E-state index in [2.05, 4.69) is 21.2 Å². The van der Waals surface area contributed by atoms with Crippen LogP contribution in [0.15, 0.2) is 57.9 Å². The van der Waals surface area contributed by atoms with Crippen LogP contribution < -0.4 is 5.32 Å². The van der Waals surface area contributed by atoms with Crippen molar-refractivity contribution in [2.75, 3.05) is 11.1 Å². The second-order valence-electron chi connectivity index (χ2n) is 4.58. The van der Waals surface area contributed by atoms with Crippen LogP contribution in [0.4, 0.5) is 10.1 Å². The summed E-state index contributed by atoms with van der Waals surface area (Å²) in [5.41, 5.74) is 0.424. The van der Waals surface area contributed by atoms with Crippen molar-refractivity contribution in [1.82, 2.24) is 0 Å². The molecule has 0 radical (unpaired) electrons. The minimum absolute atomic E-state index is 0.171. The normalized spacial score (nSPS) is 11.2. The number of sulfone groups is 1. The Morgan fingerprint density at radius 2 is 1.64 bits per heavy atom. The summed E-state index contributed by atoms with van der Waals surface area (Å²) in [5.74, 6) is -1.13. The fourth-order valence-electron chi connectivity index (χ4n) is 1.74. The molecular formula is C15H13BrFNO3S. The van der Waals surface area contributed by atoms with Crippen molar-refractivity contribution in [3.63, 3.8) is 0 Å². The van der Waals surface area contributed by atoms with E-state index in [1.165, 1.54) is 36.4 Å². The average molecular weight is 386 g/mol. The monoisotopic (exact) mass is 385 g/mol. The summed E-state index contributed by atoms with van der Waals surface area (Å²) in [7, 11) is -3.51. The van der Waals surface area contributed by atoms with Gasteiger partial charge in [0.1, 0.15) is 5.82 Å². The molecule has 7 heteroatoms. The van der Waals surface area contributed by atoms with Crippen LogP contribution in [0.25, 0.3) is 0 Å². The largest absolute Gasteiger partial charge is 0.326 e. The van der Waals surface area contributed by atoms with Gasteiger partial charge in [0, 0.05) is 16.6 Å². The molecule has 0 aliphatic carbocycles. The number of hydrogen-bond acceptors (Lipinski definition) is 3. The highest BCUT2D eigenvalue weighted by atomic mass is 79.9. The van der Waals surface area contributed by atoms with Gasteiger partial charge in [-0.25, -0.2) is 12.8 Å². The lowest BCUT2D eigenvalue weighted by atomic mass is 10.3. The average Bonchev–Trinajstić information content (AvgIpc) is 2.48. The highest BCUT2D eigenvalue weighted by molar-refractivity contribution is 9.10. The molecule has 1 amide bonds. The lowest BCUT2D eigenvalue weighted by Crippen LogP contribution is -2.17. The van der Waals surface area contributed by atoms with Gasteiger partial charge in [0.15, 0.2) is 9.84 Å². The van der Waals surface area contributed by atoms with Crippen LogP contribution in [0.5, 0.6) is 0 Å². The molecule has 0 aliphatic heterocycles. The Morgan fingerprint density at radius 3 is 2.23 bits per heavy atom. The predicted octanol–water partition coefficient (Wildman–Crippen LogP) is 3.39. The summed E-state index contributed by atoms with van der Waals surface area (Å²) >= 11 is 3.23. The first-order valence-electron chi connectivity index (χ1n) is 6.40. The molecule has 2 aromatic carbocycles. The zero-order valence-electron chi connectivity index (χ0n) is 11.4. The smallest absolute Gasteiger partial charge is 0.225 e. The standard InChI is InChI=1S/C15H13BrFNO3S/c16-11-1-7-14(8-2-11)22(20,21)10-9-15(19)18-13-5-3-12(17)4-6-13/h1-8H,9-10H2,(H,18,19). The number of rotatable bonds is 5. The Balaban J connectivity index is 1.95. The maximum atomic E-state index is 12.7. The van der Waals surface area contributed by atoms with Gasteiger partial charge in [-0.05, 0) is 48.5 Å². The molecule has 0 bridgehead atoms. The van der Waals surface area contributed by atoms with Gasteiger partial charge in [0.2, 0.25) is 5.91 Å². The molecule has 4 nitrogen and oxygen atoms in total. The van der Waals surface area contributed by atoms with Gasteiger partial charge in [0.25, 0.3) is 0 Å². The molecular weight excluding hydrogens is 373 g/mol. The predicted molar refractivity (Wildman–Crippen MR) is 85.8 cm³/mol. The lowest BCUT2D eigenvalue weighted by molar-refractivity contribution is -0.115. The molecule has 0 heterocycles. The number of halogens is 2. The van der Waals surface area contributed by atoms with Crippen LogP contribution in [-0.2, 0) is 14.6 Å². The van der Waals surface area contributed by atoms with Gasteiger partial charge in [0.05, 0.1) is 10.6 Å². The Hall–Kier alpha value is -1.73. The third-order valence-corrected chi connectivity index (χ3v) is 5.16. The number of amides is 1. The van der Waals surface area contributed by atoms with Gasteiger partial charge >= 0.3 is 0 Å². The van der Waals surface area contributed by atoms with E-state index in [9.17, 15) is 17.6 Å². The summed E-state index contributed by atoms with van der Waals surface area (Å²) in [4.78, 5) is 11.9. The van der Waals surface area contributed by atoms with Gasteiger partial charge in [-0.2, -0.15) is 0 Å². The molecule has 1 N–H and O–H groups in total. The second kappa shape index (κ2) is 7.02. The van der Waals surface area contributed by atoms with E-state index >= 15 is 0 Å². The van der Waals surface area contributed by atoms with E-state index in [0.717, 1.165) is 4.47 Å². The van der Waals surface area contributed by atoms with E-state index in [1.807, 2.05) is 0 Å². The van der Waals surface area contributed by atoms with E-state index in [4.69, 9.17) is 0 Å². The fraction of sp³-hybridized carbons (Fsp3) is 0.133. The van der Waals surface area contributed by atoms with Crippen molar-refractivity contribution < 1.29 is 17.6 Å². The van der Waals surface area contributed by atoms with E-state index in [-0.39, 0.29) is 17.1 Å². The third-order valence-electron chi connectivity index (χ3n) is 2.90. The summed E-state index contributed by atoms with van der Waals surface area (Å²) in [6, 6.07) is 11.5. The SMILES string of the molecule is O=C(CCS(=O)(=O)c1ccc(Br)cc1)Nc1ccc(F)cc1. The zero-order valence-corrected chi connectivity index (χ0v) is 13.8. The molecule has 0 unspecified atom stereocenters. The Bertz CT molecular complexity index is 758. The van der Waals surface area contributed by atoms with Crippen LogP contribution in [0.1, 0.15) is 6.42 Å². The summed E-state index contributed by atoms with van der Waals surface area (Å²) < 4.78 is 37.7. The molecule has 2 aromatic rings. The van der Waals surface area contributed by atoms with E-state index in [0.29, 0.717) is 5.69 Å². The lowest BCUT2D eigenvalue weighted by Gasteiger charge is -2.06. The topological polar surface area (TPSA) is 63.2 Å². The number of benzene rings is 2. The van der Waals surface area contributed by atoms with Crippen molar-refractivity contribution in [1.29, 1.82) is 0 Å². The van der Waals surface area contributed by atoms with Crippen LogP contribution in [0.3, 0.4) is 0 Å². The summed E-state index contributed by atoms with van der Waals surface area (Å²) in [5, 5.41) is 2.52. The molecule has 0 saturated heterocycles. The number of hydrogen-bond donors (Lipinski definition) is 1. The first kappa shape index (κ1) is 16.6. The third kappa shape index (κ3) is 4.64. The molecule has 22 heavy (non-hydrogen) atoms. The Labute approximate surface area is 136 Å². The highest BCUT2D eigenvalue weighted by Gasteiger charge is 2.16. The maximum absolute atomic E-state index is 12.7. The second-order valence-corrected chi connectivity index (χ2v) is 7.60. The molecule has 116 valence electrons. The van der Waals surface area contributed by atoms with Crippen LogP contribution in [-0.4, -0.2) is 20.1 Å². The molecule has 2 rings (SSSR count). The van der Waals surface area contributed by atoms with Gasteiger partial charge in [-0.1, -0.05) is 15.9 Å². The van der Waals surface area contributed by atoms with E-state index < -0.39 is 21.6 Å². The quantitative estimate of drug-likeness (QED) is 0.857. The molecule has 0 fully saturated rings. The first-order valence-corrected chi connectivity index (χ1v) is 8.85. The molecule has 0 saturated carbocycles. The van der Waals surface area contributed by atoms with Crippen molar-refractivity contribution >= 4 is 37.4 Å². The van der Waals surface area contributed by atoms with Crippen molar-refractivity contribution in [3.05, 3.63) is 58.8 Å². The molecule has 0 aromatic heterocycles. The molecule has 0 atom stereocenters.